The van der Waals surface area contributed by atoms with Gasteiger partial charge in [0.15, 0.2) is 0 Å². The summed E-state index contributed by atoms with van der Waals surface area (Å²) in [7, 11) is 0. The molecule has 1 rings (SSSR count). The first-order valence-corrected chi connectivity index (χ1v) is 5.95. The molecule has 15 heavy (non-hydrogen) atoms. The molecule has 1 aliphatic rings. The first-order valence-electron chi connectivity index (χ1n) is 5.95. The number of carbonyl (C=O) groups excluding carboxylic acids is 1. The van der Waals surface area contributed by atoms with Crippen molar-refractivity contribution in [3.63, 3.8) is 0 Å². The fourth-order valence-electron chi connectivity index (χ4n) is 1.46. The van der Waals surface area contributed by atoms with Crippen LogP contribution in [0.3, 0.4) is 0 Å². The fourth-order valence-corrected chi connectivity index (χ4v) is 1.46. The molecule has 0 heterocycles. The molecule has 3 heteroatoms. The van der Waals surface area contributed by atoms with Crippen molar-refractivity contribution in [3.05, 3.63) is 11.8 Å². The molecule has 0 bridgehead atoms. The van der Waals surface area contributed by atoms with Crippen molar-refractivity contribution >= 4 is 6.03 Å². The molecule has 0 aromatic rings. The molecule has 0 aromatic carbocycles. The van der Waals surface area contributed by atoms with E-state index < -0.39 is 0 Å². The van der Waals surface area contributed by atoms with E-state index in [1.165, 1.54) is 31.3 Å². The van der Waals surface area contributed by atoms with Gasteiger partial charge in [-0.25, -0.2) is 4.79 Å². The highest BCUT2D eigenvalue weighted by Crippen LogP contribution is 2.35. The van der Waals surface area contributed by atoms with Crippen LogP contribution in [-0.2, 0) is 0 Å². The molecule has 0 spiro atoms. The number of amides is 2. The van der Waals surface area contributed by atoms with Crippen LogP contribution in [0.1, 0.15) is 46.0 Å². The van der Waals surface area contributed by atoms with Crippen molar-refractivity contribution in [2.75, 3.05) is 6.54 Å². The molecule has 3 nitrogen and oxygen atoms in total. The Bertz CT molecular complexity index is 232. The Kier molecular flexibility index (Phi) is 5.22. The SMILES string of the molecule is CCCCCNC(=O)N/C=C(\C)C1CC1. The first-order chi connectivity index (χ1) is 7.24. The van der Waals surface area contributed by atoms with Gasteiger partial charge < -0.3 is 10.6 Å². The molecule has 86 valence electrons. The maximum Gasteiger partial charge on any atom is 0.318 e. The minimum Gasteiger partial charge on any atom is -0.338 e. The van der Waals surface area contributed by atoms with Crippen LogP contribution in [0.2, 0.25) is 0 Å². The molecule has 2 amide bonds. The number of nitrogens with one attached hydrogen (secondary N) is 2. The normalized spacial score (nSPS) is 16.3. The van der Waals surface area contributed by atoms with Crippen LogP contribution in [0.15, 0.2) is 11.8 Å². The van der Waals surface area contributed by atoms with Gasteiger partial charge in [0.05, 0.1) is 0 Å². The van der Waals surface area contributed by atoms with Gasteiger partial charge in [-0.3, -0.25) is 0 Å². The second-order valence-electron chi connectivity index (χ2n) is 4.27. The highest BCUT2D eigenvalue weighted by atomic mass is 16.2. The summed E-state index contributed by atoms with van der Waals surface area (Å²) in [6, 6.07) is -0.0777. The number of allylic oxidation sites excluding steroid dienone is 1. The van der Waals surface area contributed by atoms with Gasteiger partial charge >= 0.3 is 6.03 Å². The minimum atomic E-state index is -0.0777. The van der Waals surface area contributed by atoms with E-state index in [9.17, 15) is 4.79 Å². The third kappa shape index (κ3) is 5.45. The lowest BCUT2D eigenvalue weighted by molar-refractivity contribution is 0.244. The number of carbonyl (C=O) groups is 1. The van der Waals surface area contributed by atoms with Crippen molar-refractivity contribution in [1.29, 1.82) is 0 Å². The lowest BCUT2D eigenvalue weighted by atomic mass is 10.2. The van der Waals surface area contributed by atoms with E-state index in [1.807, 2.05) is 6.20 Å². The first kappa shape index (κ1) is 12.1. The van der Waals surface area contributed by atoms with Crippen LogP contribution >= 0.6 is 0 Å². The number of unbranched alkanes of at least 4 members (excludes halogenated alkanes) is 2. The van der Waals surface area contributed by atoms with Crippen LogP contribution in [0.25, 0.3) is 0 Å². The third-order valence-corrected chi connectivity index (χ3v) is 2.72. The molecule has 1 fully saturated rings. The molecule has 1 saturated carbocycles. The van der Waals surface area contributed by atoms with Crippen LogP contribution in [0.4, 0.5) is 4.79 Å². The Hall–Kier alpha value is -0.990. The fraction of sp³-hybridized carbons (Fsp3) is 0.750. The lowest BCUT2D eigenvalue weighted by Crippen LogP contribution is -2.33. The predicted molar refractivity (Wildman–Crippen MR) is 62.5 cm³/mol. The average Bonchev–Trinajstić information content (AvgIpc) is 3.04. The second kappa shape index (κ2) is 6.49. The quantitative estimate of drug-likeness (QED) is 0.650. The van der Waals surface area contributed by atoms with Crippen molar-refractivity contribution in [1.82, 2.24) is 10.6 Å². The highest BCUT2D eigenvalue weighted by molar-refractivity contribution is 5.74. The Labute approximate surface area is 92.3 Å². The average molecular weight is 210 g/mol. The standard InChI is InChI=1S/C12H22N2O/c1-3-4-5-8-13-12(15)14-9-10(2)11-6-7-11/h9,11H,3-8H2,1-2H3,(H2,13,14,15)/b10-9+. The molecule has 0 saturated heterocycles. The Morgan fingerprint density at radius 1 is 1.40 bits per heavy atom. The Balaban J connectivity index is 2.04. The Morgan fingerprint density at radius 3 is 2.73 bits per heavy atom. The van der Waals surface area contributed by atoms with Crippen molar-refractivity contribution in [2.24, 2.45) is 5.92 Å². The van der Waals surface area contributed by atoms with Crippen LogP contribution in [-0.4, -0.2) is 12.6 Å². The minimum absolute atomic E-state index is 0.0777. The number of rotatable bonds is 6. The van der Waals surface area contributed by atoms with E-state index in [4.69, 9.17) is 0 Å². The summed E-state index contributed by atoms with van der Waals surface area (Å²) >= 11 is 0. The molecule has 1 aliphatic carbocycles. The summed E-state index contributed by atoms with van der Waals surface area (Å²) in [6.45, 7) is 5.01. The summed E-state index contributed by atoms with van der Waals surface area (Å²) in [5.41, 5.74) is 1.29. The second-order valence-corrected chi connectivity index (χ2v) is 4.27. The zero-order valence-electron chi connectivity index (χ0n) is 9.81. The van der Waals surface area contributed by atoms with E-state index in [0.29, 0.717) is 0 Å². The molecule has 2 N–H and O–H groups in total. The van der Waals surface area contributed by atoms with E-state index in [2.05, 4.69) is 24.5 Å². The van der Waals surface area contributed by atoms with Crippen LogP contribution in [0.5, 0.6) is 0 Å². The van der Waals surface area contributed by atoms with Gasteiger partial charge in [-0.1, -0.05) is 25.3 Å². The summed E-state index contributed by atoms with van der Waals surface area (Å²) < 4.78 is 0. The molecule has 0 atom stereocenters. The highest BCUT2D eigenvalue weighted by Gasteiger charge is 2.22. The predicted octanol–water partition coefficient (Wildman–Crippen LogP) is 2.79. The number of hydrogen-bond acceptors (Lipinski definition) is 1. The Morgan fingerprint density at radius 2 is 2.13 bits per heavy atom. The smallest absolute Gasteiger partial charge is 0.318 e. The lowest BCUT2D eigenvalue weighted by Gasteiger charge is -2.04. The zero-order valence-corrected chi connectivity index (χ0v) is 9.81. The number of urea groups is 1. The van der Waals surface area contributed by atoms with Gasteiger partial charge in [0.2, 0.25) is 0 Å². The van der Waals surface area contributed by atoms with Gasteiger partial charge in [-0.15, -0.1) is 0 Å². The van der Waals surface area contributed by atoms with Crippen molar-refractivity contribution < 1.29 is 4.79 Å². The topological polar surface area (TPSA) is 41.1 Å². The summed E-state index contributed by atoms with van der Waals surface area (Å²) in [5, 5.41) is 5.61. The van der Waals surface area contributed by atoms with Crippen molar-refractivity contribution in [3.8, 4) is 0 Å². The maximum absolute atomic E-state index is 11.3. The van der Waals surface area contributed by atoms with E-state index in [1.54, 1.807) is 0 Å². The molecule has 0 unspecified atom stereocenters. The largest absolute Gasteiger partial charge is 0.338 e. The van der Waals surface area contributed by atoms with E-state index >= 15 is 0 Å². The third-order valence-electron chi connectivity index (χ3n) is 2.72. The monoisotopic (exact) mass is 210 g/mol. The van der Waals surface area contributed by atoms with Crippen molar-refractivity contribution in [2.45, 2.75) is 46.0 Å². The van der Waals surface area contributed by atoms with Gasteiger partial charge in [0.1, 0.15) is 0 Å². The van der Waals surface area contributed by atoms with E-state index in [-0.39, 0.29) is 6.03 Å². The summed E-state index contributed by atoms with van der Waals surface area (Å²) in [6.07, 6.45) is 7.83. The zero-order chi connectivity index (χ0) is 11.1. The van der Waals surface area contributed by atoms with Gasteiger partial charge in [-0.05, 0) is 32.1 Å². The summed E-state index contributed by atoms with van der Waals surface area (Å²) in [5.74, 6) is 0.727. The van der Waals surface area contributed by atoms with Gasteiger partial charge in [0, 0.05) is 12.7 Å². The summed E-state index contributed by atoms with van der Waals surface area (Å²) in [4.78, 5) is 11.3. The van der Waals surface area contributed by atoms with Gasteiger partial charge in [0.25, 0.3) is 0 Å². The van der Waals surface area contributed by atoms with Crippen LogP contribution in [0, 0.1) is 5.92 Å². The molecular weight excluding hydrogens is 188 g/mol. The molecule has 0 aromatic heterocycles. The van der Waals surface area contributed by atoms with Gasteiger partial charge in [-0.2, -0.15) is 0 Å². The molecule has 0 radical (unpaired) electrons. The molecule has 0 aliphatic heterocycles. The molecular formula is C12H22N2O. The van der Waals surface area contributed by atoms with E-state index in [0.717, 1.165) is 18.9 Å². The number of hydrogen-bond donors (Lipinski definition) is 2. The van der Waals surface area contributed by atoms with Crippen LogP contribution < -0.4 is 10.6 Å². The maximum atomic E-state index is 11.3.